The zero-order chi connectivity index (χ0) is 28.5. The van der Waals surface area contributed by atoms with Crippen molar-refractivity contribution in [3.8, 4) is 11.1 Å². The molecule has 0 fully saturated rings. The number of nitrogens with zero attached hydrogens (tertiary/aromatic N) is 2. The second-order valence-corrected chi connectivity index (χ2v) is 9.74. The summed E-state index contributed by atoms with van der Waals surface area (Å²) in [5, 5.41) is 9.40. The fourth-order valence-corrected chi connectivity index (χ4v) is 4.93. The molecule has 0 aliphatic carbocycles. The highest BCUT2D eigenvalue weighted by Crippen LogP contribution is 2.35. The Kier molecular flexibility index (Phi) is 6.61. The third-order valence-electron chi connectivity index (χ3n) is 7.03. The number of hydrogen-bond acceptors (Lipinski definition) is 4. The van der Waals surface area contributed by atoms with Crippen LogP contribution >= 0.6 is 0 Å². The predicted molar refractivity (Wildman–Crippen MR) is 162 cm³/mol. The molecule has 1 heterocycles. The summed E-state index contributed by atoms with van der Waals surface area (Å²) in [6, 6.07) is 31.0. The minimum absolute atomic E-state index is 0.246. The van der Waals surface area contributed by atoms with Gasteiger partial charge in [0.1, 0.15) is 5.82 Å². The quantitative estimate of drug-likeness (QED) is 0.222. The standard InChI is InChI=1S/C34H25FN4O2/c1-21-13-16-25(20-29(21)35)37-34(41)28-11-5-9-23-19-24(15-17-26(23)28)27-10-6-12-30-32(27)33(36)38-39(30)31(40)18-14-22-7-3-2-4-8-22/h2-20H,1H3,(H2,36,38)(H,37,41). The molecule has 200 valence electrons. The highest BCUT2D eigenvalue weighted by Gasteiger charge is 2.17. The molecule has 0 bridgehead atoms. The number of amides is 1. The highest BCUT2D eigenvalue weighted by molar-refractivity contribution is 6.14. The van der Waals surface area contributed by atoms with E-state index in [0.717, 1.165) is 27.5 Å². The molecule has 5 aromatic carbocycles. The van der Waals surface area contributed by atoms with Gasteiger partial charge in [0.15, 0.2) is 5.82 Å². The summed E-state index contributed by atoms with van der Waals surface area (Å²) in [7, 11) is 0. The first-order valence-corrected chi connectivity index (χ1v) is 13.0. The van der Waals surface area contributed by atoms with Crippen LogP contribution in [-0.4, -0.2) is 21.6 Å². The van der Waals surface area contributed by atoms with E-state index in [2.05, 4.69) is 10.4 Å². The van der Waals surface area contributed by atoms with Crippen molar-refractivity contribution in [3.63, 3.8) is 0 Å². The van der Waals surface area contributed by atoms with Crippen molar-refractivity contribution >= 4 is 51.1 Å². The molecular formula is C34H25FN4O2. The Morgan fingerprint density at radius 1 is 0.902 bits per heavy atom. The summed E-state index contributed by atoms with van der Waals surface area (Å²) >= 11 is 0. The predicted octanol–water partition coefficient (Wildman–Crippen LogP) is 7.49. The minimum atomic E-state index is -0.379. The van der Waals surface area contributed by atoms with Gasteiger partial charge in [-0.05, 0) is 76.4 Å². The summed E-state index contributed by atoms with van der Waals surface area (Å²) in [5.41, 5.74) is 10.9. The smallest absolute Gasteiger partial charge is 0.271 e. The lowest BCUT2D eigenvalue weighted by Gasteiger charge is -2.11. The lowest BCUT2D eigenvalue weighted by Crippen LogP contribution is -2.12. The normalized spacial score (nSPS) is 11.4. The zero-order valence-corrected chi connectivity index (χ0v) is 22.1. The number of aromatic nitrogens is 2. The first-order valence-electron chi connectivity index (χ1n) is 13.0. The number of nitrogen functional groups attached to an aromatic ring is 1. The molecule has 1 aromatic heterocycles. The van der Waals surface area contributed by atoms with Crippen LogP contribution in [0, 0.1) is 12.7 Å². The molecule has 0 saturated carbocycles. The fourth-order valence-electron chi connectivity index (χ4n) is 4.93. The third kappa shape index (κ3) is 4.96. The third-order valence-corrected chi connectivity index (χ3v) is 7.03. The number of carbonyl (C=O) groups excluding carboxylic acids is 2. The molecule has 3 N–H and O–H groups in total. The zero-order valence-electron chi connectivity index (χ0n) is 22.1. The number of nitrogens with one attached hydrogen (secondary N) is 1. The second kappa shape index (κ2) is 10.5. The van der Waals surface area contributed by atoms with Gasteiger partial charge in [0.2, 0.25) is 0 Å². The average Bonchev–Trinajstić information content (AvgIpc) is 3.34. The molecular weight excluding hydrogens is 515 g/mol. The van der Waals surface area contributed by atoms with E-state index in [-0.39, 0.29) is 23.4 Å². The molecule has 0 radical (unpaired) electrons. The second-order valence-electron chi connectivity index (χ2n) is 9.74. The Morgan fingerprint density at radius 2 is 1.71 bits per heavy atom. The summed E-state index contributed by atoms with van der Waals surface area (Å²) in [6.07, 6.45) is 3.21. The van der Waals surface area contributed by atoms with Gasteiger partial charge in [-0.1, -0.05) is 72.8 Å². The molecule has 6 rings (SSSR count). The molecule has 7 heteroatoms. The van der Waals surface area contributed by atoms with Crippen LogP contribution < -0.4 is 11.1 Å². The van der Waals surface area contributed by atoms with Gasteiger partial charge in [0.05, 0.1) is 10.9 Å². The van der Waals surface area contributed by atoms with E-state index in [1.165, 1.54) is 16.8 Å². The number of aryl methyl sites for hydroxylation is 1. The number of halogens is 1. The number of allylic oxidation sites excluding steroid dienone is 1. The van der Waals surface area contributed by atoms with Gasteiger partial charge in [-0.25, -0.2) is 4.39 Å². The molecule has 0 atom stereocenters. The van der Waals surface area contributed by atoms with Crippen LogP contribution in [0.4, 0.5) is 15.9 Å². The van der Waals surface area contributed by atoms with Crippen molar-refractivity contribution in [2.24, 2.45) is 0 Å². The molecule has 6 aromatic rings. The van der Waals surface area contributed by atoms with Gasteiger partial charge in [0, 0.05) is 17.3 Å². The van der Waals surface area contributed by atoms with Gasteiger partial charge in [0.25, 0.3) is 11.8 Å². The Bertz CT molecular complexity index is 1990. The van der Waals surface area contributed by atoms with Crippen LogP contribution in [0.5, 0.6) is 0 Å². The van der Waals surface area contributed by atoms with Crippen LogP contribution in [0.3, 0.4) is 0 Å². The van der Waals surface area contributed by atoms with E-state index < -0.39 is 0 Å². The van der Waals surface area contributed by atoms with Crippen molar-refractivity contribution in [2.75, 3.05) is 11.1 Å². The summed E-state index contributed by atoms with van der Waals surface area (Å²) in [4.78, 5) is 26.1. The summed E-state index contributed by atoms with van der Waals surface area (Å²) < 4.78 is 15.3. The SMILES string of the molecule is Cc1ccc(NC(=O)c2cccc3cc(-c4cccc5c4c(N)nn5C(=O)C=Cc4ccccc4)ccc23)cc1F. The molecule has 6 nitrogen and oxygen atoms in total. The van der Waals surface area contributed by atoms with E-state index in [9.17, 15) is 14.0 Å². The fraction of sp³-hybridized carbons (Fsp3) is 0.0294. The van der Waals surface area contributed by atoms with Gasteiger partial charge < -0.3 is 11.1 Å². The van der Waals surface area contributed by atoms with Gasteiger partial charge >= 0.3 is 0 Å². The van der Waals surface area contributed by atoms with Crippen LogP contribution in [-0.2, 0) is 0 Å². The van der Waals surface area contributed by atoms with Crippen molar-refractivity contribution in [1.29, 1.82) is 0 Å². The van der Waals surface area contributed by atoms with E-state index >= 15 is 0 Å². The topological polar surface area (TPSA) is 90.0 Å². The number of nitrogens with two attached hydrogens (primary N) is 1. The van der Waals surface area contributed by atoms with Crippen molar-refractivity contribution in [1.82, 2.24) is 9.78 Å². The lowest BCUT2D eigenvalue weighted by molar-refractivity contribution is 0.0959. The molecule has 1 amide bonds. The van der Waals surface area contributed by atoms with Crippen LogP contribution in [0.25, 0.3) is 38.9 Å². The molecule has 0 spiro atoms. The minimum Gasteiger partial charge on any atom is -0.382 e. The van der Waals surface area contributed by atoms with E-state index in [0.29, 0.717) is 27.7 Å². The van der Waals surface area contributed by atoms with E-state index in [1.807, 2.05) is 78.9 Å². The number of anilines is 2. The van der Waals surface area contributed by atoms with Crippen molar-refractivity contribution in [2.45, 2.75) is 6.92 Å². The Balaban J connectivity index is 1.35. The summed E-state index contributed by atoms with van der Waals surface area (Å²) in [6.45, 7) is 1.67. The number of fused-ring (bicyclic) bond motifs is 2. The van der Waals surface area contributed by atoms with Crippen LogP contribution in [0.15, 0.2) is 109 Å². The molecule has 0 aliphatic heterocycles. The summed E-state index contributed by atoms with van der Waals surface area (Å²) in [5.74, 6) is -0.775. The average molecular weight is 541 g/mol. The molecule has 41 heavy (non-hydrogen) atoms. The lowest BCUT2D eigenvalue weighted by atomic mass is 9.96. The van der Waals surface area contributed by atoms with Crippen molar-refractivity contribution in [3.05, 3.63) is 132 Å². The Morgan fingerprint density at radius 3 is 2.51 bits per heavy atom. The number of rotatable bonds is 5. The van der Waals surface area contributed by atoms with Gasteiger partial charge in [-0.15, -0.1) is 5.10 Å². The molecule has 0 unspecified atom stereocenters. The van der Waals surface area contributed by atoms with Crippen LogP contribution in [0.2, 0.25) is 0 Å². The first kappa shape index (κ1) is 25.7. The molecule has 0 saturated heterocycles. The van der Waals surface area contributed by atoms with Crippen LogP contribution in [0.1, 0.15) is 26.3 Å². The highest BCUT2D eigenvalue weighted by atomic mass is 19.1. The Hall–Kier alpha value is -5.56. The van der Waals surface area contributed by atoms with Gasteiger partial charge in [-0.3, -0.25) is 9.59 Å². The maximum atomic E-state index is 14.0. The van der Waals surface area contributed by atoms with Gasteiger partial charge in [-0.2, -0.15) is 4.68 Å². The largest absolute Gasteiger partial charge is 0.382 e. The first-order chi connectivity index (χ1) is 19.9. The number of carbonyl (C=O) groups is 2. The van der Waals surface area contributed by atoms with E-state index in [1.54, 1.807) is 31.2 Å². The molecule has 0 aliphatic rings. The number of benzene rings is 5. The Labute approximate surface area is 235 Å². The van der Waals surface area contributed by atoms with Crippen molar-refractivity contribution < 1.29 is 14.0 Å². The monoisotopic (exact) mass is 540 g/mol. The number of hydrogen-bond donors (Lipinski definition) is 2. The maximum absolute atomic E-state index is 14.0. The maximum Gasteiger partial charge on any atom is 0.271 e. The van der Waals surface area contributed by atoms with E-state index in [4.69, 9.17) is 5.73 Å².